The van der Waals surface area contributed by atoms with Crippen LogP contribution in [0.4, 0.5) is 26.3 Å². The quantitative estimate of drug-likeness (QED) is 0.275. The number of carbonyl (C=O) groups excluding carboxylic acids is 1. The van der Waals surface area contributed by atoms with E-state index in [-0.39, 0.29) is 42.1 Å². The number of nitrogens with zero attached hydrogens (tertiary/aromatic N) is 3. The number of aliphatic carboxylic acids is 1. The monoisotopic (exact) mass is 689 g/mol. The lowest BCUT2D eigenvalue weighted by molar-refractivity contribution is -0.202. The lowest BCUT2D eigenvalue weighted by Crippen LogP contribution is -2.51. The van der Waals surface area contributed by atoms with Crippen molar-refractivity contribution in [1.29, 1.82) is 0 Å². The Bertz CT molecular complexity index is 1460. The number of pyridine rings is 2. The highest BCUT2D eigenvalue weighted by atomic mass is 19.4. The van der Waals surface area contributed by atoms with Crippen LogP contribution in [-0.2, 0) is 27.1 Å². The van der Waals surface area contributed by atoms with Crippen molar-refractivity contribution in [3.8, 4) is 11.8 Å². The van der Waals surface area contributed by atoms with Crippen LogP contribution in [0.15, 0.2) is 30.6 Å². The average molecular weight is 690 g/mol. The van der Waals surface area contributed by atoms with Gasteiger partial charge < -0.3 is 24.2 Å². The van der Waals surface area contributed by atoms with E-state index in [0.717, 1.165) is 11.0 Å². The Balaban J connectivity index is 1.93. The molecule has 1 aliphatic heterocycles. The van der Waals surface area contributed by atoms with E-state index in [0.29, 0.717) is 12.6 Å². The molecular weight excluding hydrogens is 648 g/mol. The Kier molecular flexibility index (Phi) is 10.9. The first-order valence-corrected chi connectivity index (χ1v) is 15.7. The van der Waals surface area contributed by atoms with Gasteiger partial charge in [-0.25, -0.2) is 14.8 Å². The maximum absolute atomic E-state index is 14.5. The number of alkyl halides is 6. The van der Waals surface area contributed by atoms with Crippen LogP contribution >= 0.6 is 0 Å². The Hall–Kier alpha value is -3.62. The van der Waals surface area contributed by atoms with Gasteiger partial charge in [0.2, 0.25) is 17.7 Å². The minimum atomic E-state index is -4.75. The van der Waals surface area contributed by atoms with Crippen LogP contribution in [-0.4, -0.2) is 63.4 Å². The molecule has 48 heavy (non-hydrogen) atoms. The Morgan fingerprint density at radius 2 is 1.71 bits per heavy atom. The number of aromatic nitrogens is 2. The van der Waals surface area contributed by atoms with Gasteiger partial charge in [0, 0.05) is 35.4 Å². The molecule has 2 fully saturated rings. The first-order valence-electron chi connectivity index (χ1n) is 15.7. The molecule has 6 atom stereocenters. The highest BCUT2D eigenvalue weighted by molar-refractivity contribution is 5.87. The van der Waals surface area contributed by atoms with Gasteiger partial charge in [-0.2, -0.15) is 26.3 Å². The summed E-state index contributed by atoms with van der Waals surface area (Å²) in [7, 11) is 1.21. The number of hydrogen-bond acceptors (Lipinski definition) is 7. The molecule has 0 bridgehead atoms. The van der Waals surface area contributed by atoms with Gasteiger partial charge in [0.25, 0.3) is 0 Å². The number of carboxylic acid groups (broad SMARTS) is 1. The van der Waals surface area contributed by atoms with Crippen molar-refractivity contribution >= 4 is 11.9 Å². The second kappa shape index (κ2) is 14.1. The normalized spacial score (nSPS) is 25.3. The van der Waals surface area contributed by atoms with E-state index in [1.54, 1.807) is 34.6 Å². The lowest BCUT2D eigenvalue weighted by atomic mass is 9.73. The number of likely N-dealkylation sites (tertiary alicyclic amines) is 1. The highest BCUT2D eigenvalue weighted by Crippen LogP contribution is 2.53. The van der Waals surface area contributed by atoms with Crippen molar-refractivity contribution in [2.75, 3.05) is 7.11 Å². The smallest absolute Gasteiger partial charge is 0.417 e. The fraction of sp³-hybridized carbons (Fsp3) is 0.636. The average Bonchev–Trinajstić information content (AvgIpc) is 3.34. The van der Waals surface area contributed by atoms with Gasteiger partial charge in [-0.1, -0.05) is 33.6 Å². The van der Waals surface area contributed by atoms with E-state index in [2.05, 4.69) is 9.97 Å². The second-order valence-electron chi connectivity index (χ2n) is 13.6. The number of amides is 1. The maximum atomic E-state index is 14.5. The van der Waals surface area contributed by atoms with Gasteiger partial charge in [-0.3, -0.25) is 4.79 Å². The Labute approximate surface area is 275 Å². The topological polar surface area (TPSA) is 111 Å². The highest BCUT2D eigenvalue weighted by Gasteiger charge is 2.61. The van der Waals surface area contributed by atoms with Gasteiger partial charge >= 0.3 is 18.3 Å². The molecule has 0 aromatic carbocycles. The van der Waals surface area contributed by atoms with Gasteiger partial charge in [0.05, 0.1) is 43.4 Å². The van der Waals surface area contributed by atoms with E-state index >= 15 is 0 Å². The van der Waals surface area contributed by atoms with E-state index in [1.807, 2.05) is 0 Å². The van der Waals surface area contributed by atoms with Crippen molar-refractivity contribution in [2.24, 2.45) is 23.2 Å². The third kappa shape index (κ3) is 7.81. The lowest BCUT2D eigenvalue weighted by Gasteiger charge is -2.38. The van der Waals surface area contributed by atoms with Crippen LogP contribution in [0.2, 0.25) is 0 Å². The largest absolute Gasteiger partial charge is 0.481 e. The molecule has 1 amide bonds. The minimum Gasteiger partial charge on any atom is -0.481 e. The number of halogens is 6. The number of methoxy groups -OCH3 is 1. The number of carbonyl (C=O) groups is 2. The molecule has 3 heterocycles. The van der Waals surface area contributed by atoms with E-state index in [9.17, 15) is 41.0 Å². The summed E-state index contributed by atoms with van der Waals surface area (Å²) in [6.07, 6.45) is -8.91. The predicted molar refractivity (Wildman–Crippen MR) is 160 cm³/mol. The summed E-state index contributed by atoms with van der Waals surface area (Å²) in [5.74, 6) is -7.22. The van der Waals surface area contributed by atoms with Gasteiger partial charge in [0.1, 0.15) is 6.04 Å². The standard InChI is InChI=1S/C33H41F6N3O6/c1-17(2)48-28-21(11-9-13-40-28)24-26(47-16-18-14-19(32(34,35)36)15-41-27(18)46-6)23(31(3,4)5)25(30(44)45)42(24)29(43)20-10-7-8-12-22(20)33(37,38)39/h9,11,13-15,17,20,22-26H,7-8,10,12,16H2,1-6H3,(H,44,45)/t20-,22-,23+,24-,25-,26-/m0/s1. The van der Waals surface area contributed by atoms with Crippen LogP contribution in [0.3, 0.4) is 0 Å². The van der Waals surface area contributed by atoms with Crippen molar-refractivity contribution in [2.45, 2.75) is 104 Å². The van der Waals surface area contributed by atoms with Crippen LogP contribution in [0.5, 0.6) is 11.8 Å². The van der Waals surface area contributed by atoms with Crippen molar-refractivity contribution < 1.29 is 55.2 Å². The number of ether oxygens (including phenoxy) is 3. The summed E-state index contributed by atoms with van der Waals surface area (Å²) < 4.78 is 101. The second-order valence-corrected chi connectivity index (χ2v) is 13.6. The molecule has 1 aliphatic carbocycles. The molecule has 1 N–H and O–H groups in total. The van der Waals surface area contributed by atoms with E-state index in [4.69, 9.17) is 14.2 Å². The molecule has 4 rings (SSSR count). The molecule has 0 radical (unpaired) electrons. The van der Waals surface area contributed by atoms with Crippen molar-refractivity contribution in [3.05, 3.63) is 47.3 Å². The number of hydrogen-bond donors (Lipinski definition) is 1. The fourth-order valence-corrected chi connectivity index (χ4v) is 7.00. The SMILES string of the molecule is COc1ncc(C(F)(F)F)cc1CO[C@H]1[C@H](C(C)(C)C)[C@@H](C(=O)O)N(C(=O)[C@H]2CCCC[C@@H]2C(F)(F)F)[C@H]1c1cccnc1OC(C)C. The molecule has 1 saturated carbocycles. The first-order chi connectivity index (χ1) is 22.3. The van der Waals surface area contributed by atoms with Crippen LogP contribution in [0.1, 0.15) is 83.0 Å². The van der Waals surface area contributed by atoms with Crippen molar-refractivity contribution in [1.82, 2.24) is 14.9 Å². The maximum Gasteiger partial charge on any atom is 0.417 e. The van der Waals surface area contributed by atoms with E-state index < -0.39 is 83.9 Å². The molecule has 2 aromatic heterocycles. The summed E-state index contributed by atoms with van der Waals surface area (Å²) in [6, 6.07) is 0.835. The molecule has 2 aromatic rings. The van der Waals surface area contributed by atoms with Crippen LogP contribution < -0.4 is 9.47 Å². The molecule has 0 unspecified atom stereocenters. The summed E-state index contributed by atoms with van der Waals surface area (Å²) in [5, 5.41) is 10.7. The Morgan fingerprint density at radius 1 is 1.04 bits per heavy atom. The molecule has 266 valence electrons. The van der Waals surface area contributed by atoms with Crippen LogP contribution in [0, 0.1) is 23.2 Å². The van der Waals surface area contributed by atoms with Crippen molar-refractivity contribution in [3.63, 3.8) is 0 Å². The Morgan fingerprint density at radius 3 is 2.27 bits per heavy atom. The molecule has 0 spiro atoms. The van der Waals surface area contributed by atoms with Crippen LogP contribution in [0.25, 0.3) is 0 Å². The van der Waals surface area contributed by atoms with Gasteiger partial charge in [-0.15, -0.1) is 0 Å². The minimum absolute atomic E-state index is 0.0110. The zero-order valence-corrected chi connectivity index (χ0v) is 27.6. The molecule has 1 saturated heterocycles. The summed E-state index contributed by atoms with van der Waals surface area (Å²) in [6.45, 7) is 7.98. The molecule has 9 nitrogen and oxygen atoms in total. The molecule has 15 heteroatoms. The predicted octanol–water partition coefficient (Wildman–Crippen LogP) is 7.24. The summed E-state index contributed by atoms with van der Waals surface area (Å²) >= 11 is 0. The number of carboxylic acids is 1. The van der Waals surface area contributed by atoms with E-state index in [1.165, 1.54) is 25.4 Å². The first kappa shape index (κ1) is 37.2. The van der Waals surface area contributed by atoms with Gasteiger partial charge in [0.15, 0.2) is 0 Å². The molecular formula is C33H41F6N3O6. The zero-order valence-electron chi connectivity index (χ0n) is 27.6. The fourth-order valence-electron chi connectivity index (χ4n) is 7.00. The summed E-state index contributed by atoms with van der Waals surface area (Å²) in [5.41, 5.74) is -1.94. The third-order valence-corrected chi connectivity index (χ3v) is 8.96. The summed E-state index contributed by atoms with van der Waals surface area (Å²) in [4.78, 5) is 36.7. The zero-order chi connectivity index (χ0) is 35.8. The van der Waals surface area contributed by atoms with Gasteiger partial charge in [-0.05, 0) is 50.3 Å². The number of rotatable bonds is 9. The third-order valence-electron chi connectivity index (χ3n) is 8.96. The molecule has 2 aliphatic rings.